The zero-order chi connectivity index (χ0) is 20.3. The van der Waals surface area contributed by atoms with E-state index in [-0.39, 0.29) is 22.4 Å². The van der Waals surface area contributed by atoms with Crippen molar-refractivity contribution in [3.05, 3.63) is 88.3 Å². The Morgan fingerprint density at radius 2 is 1.14 bits per heavy atom. The van der Waals surface area contributed by atoms with Gasteiger partial charge in [-0.15, -0.1) is 0 Å². The van der Waals surface area contributed by atoms with E-state index in [0.29, 0.717) is 22.3 Å². The normalized spacial score (nSPS) is 9.64. The van der Waals surface area contributed by atoms with E-state index in [0.717, 1.165) is 12.1 Å². The van der Waals surface area contributed by atoms with Crippen LogP contribution in [0, 0.1) is 52.2 Å². The van der Waals surface area contributed by atoms with E-state index in [2.05, 4.69) is 4.85 Å². The van der Waals surface area contributed by atoms with Crippen LogP contribution in [0.1, 0.15) is 16.7 Å². The van der Waals surface area contributed by atoms with Crippen LogP contribution < -0.4 is 0 Å². The molecule has 0 bridgehead atoms. The van der Waals surface area contributed by atoms with Crippen molar-refractivity contribution in [1.82, 2.24) is 0 Å². The van der Waals surface area contributed by atoms with Crippen molar-refractivity contribution in [1.29, 1.82) is 15.8 Å². The smallest absolute Gasteiger partial charge is 0.223 e. The average molecular weight is 366 g/mol. The van der Waals surface area contributed by atoms with Gasteiger partial charge in [0.25, 0.3) is 0 Å². The quantitative estimate of drug-likeness (QED) is 0.565. The SMILES string of the molecule is [C-]#[N+]c1cc(C#N)c(-c2ccc(-c3cc(F)c(C#N)cc3C#N)cc2)cc1F. The molecule has 4 nitrogen and oxygen atoms in total. The summed E-state index contributed by atoms with van der Waals surface area (Å²) in [7, 11) is 0. The van der Waals surface area contributed by atoms with Crippen LogP contribution in [-0.4, -0.2) is 0 Å². The van der Waals surface area contributed by atoms with Gasteiger partial charge in [-0.3, -0.25) is 0 Å². The van der Waals surface area contributed by atoms with Crippen LogP contribution in [0.2, 0.25) is 0 Å². The first-order valence-corrected chi connectivity index (χ1v) is 7.88. The second kappa shape index (κ2) is 7.38. The molecule has 0 saturated heterocycles. The maximum Gasteiger partial charge on any atom is 0.223 e. The van der Waals surface area contributed by atoms with E-state index in [4.69, 9.17) is 11.8 Å². The highest BCUT2D eigenvalue weighted by atomic mass is 19.1. The Balaban J connectivity index is 2.10. The minimum Gasteiger partial charge on any atom is -0.235 e. The monoisotopic (exact) mass is 366 g/mol. The fraction of sp³-hybridized carbons (Fsp3) is 0. The van der Waals surface area contributed by atoms with Crippen LogP contribution in [-0.2, 0) is 0 Å². The molecule has 0 fully saturated rings. The third kappa shape index (κ3) is 3.15. The summed E-state index contributed by atoms with van der Waals surface area (Å²) in [5, 5.41) is 27.5. The van der Waals surface area contributed by atoms with Crippen LogP contribution in [0.25, 0.3) is 27.1 Å². The van der Waals surface area contributed by atoms with Gasteiger partial charge in [-0.2, -0.15) is 15.8 Å². The van der Waals surface area contributed by atoms with E-state index in [1.165, 1.54) is 12.1 Å². The van der Waals surface area contributed by atoms with Gasteiger partial charge in [-0.05, 0) is 41.0 Å². The molecular formula is C22H8F2N4. The molecule has 6 heteroatoms. The molecule has 3 aromatic carbocycles. The van der Waals surface area contributed by atoms with Crippen molar-refractivity contribution in [3.8, 4) is 40.5 Å². The summed E-state index contributed by atoms with van der Waals surface area (Å²) in [5.41, 5.74) is 1.56. The number of hydrogen-bond acceptors (Lipinski definition) is 3. The van der Waals surface area contributed by atoms with Crippen molar-refractivity contribution < 1.29 is 8.78 Å². The van der Waals surface area contributed by atoms with Crippen molar-refractivity contribution in [2.45, 2.75) is 0 Å². The zero-order valence-corrected chi connectivity index (χ0v) is 14.2. The van der Waals surface area contributed by atoms with Crippen molar-refractivity contribution in [2.24, 2.45) is 0 Å². The molecule has 0 saturated carbocycles. The molecule has 0 N–H and O–H groups in total. The molecule has 0 aliphatic rings. The summed E-state index contributed by atoms with van der Waals surface area (Å²) < 4.78 is 28.0. The van der Waals surface area contributed by atoms with Crippen LogP contribution in [0.5, 0.6) is 0 Å². The van der Waals surface area contributed by atoms with Gasteiger partial charge in [0.2, 0.25) is 5.69 Å². The molecular weight excluding hydrogens is 358 g/mol. The minimum atomic E-state index is -0.732. The fourth-order valence-electron chi connectivity index (χ4n) is 2.80. The summed E-state index contributed by atoms with van der Waals surface area (Å²) in [4.78, 5) is 3.04. The second-order valence-electron chi connectivity index (χ2n) is 5.75. The molecule has 0 aromatic heterocycles. The molecule has 0 atom stereocenters. The Kier molecular flexibility index (Phi) is 4.82. The molecule has 0 aliphatic heterocycles. The predicted octanol–water partition coefficient (Wildman–Crippen LogP) is 5.46. The van der Waals surface area contributed by atoms with Crippen LogP contribution in [0.3, 0.4) is 0 Å². The first-order chi connectivity index (χ1) is 13.5. The average Bonchev–Trinajstić information content (AvgIpc) is 2.73. The van der Waals surface area contributed by atoms with E-state index in [1.807, 2.05) is 12.1 Å². The first-order valence-electron chi connectivity index (χ1n) is 7.88. The van der Waals surface area contributed by atoms with E-state index < -0.39 is 11.6 Å². The molecule has 0 radical (unpaired) electrons. The molecule has 0 unspecified atom stereocenters. The lowest BCUT2D eigenvalue weighted by molar-refractivity contribution is 0.624. The Bertz CT molecular complexity index is 1160. The molecule has 28 heavy (non-hydrogen) atoms. The standard InChI is InChI=1S/C22H8F2N4/c1-28-22-7-16(11-26)19(9-21(22)24)14-4-2-13(3-5-14)18-8-20(23)17(12-27)6-15(18)10-25/h2-9H. The molecule has 3 aromatic rings. The Morgan fingerprint density at radius 1 is 0.679 bits per heavy atom. The second-order valence-corrected chi connectivity index (χ2v) is 5.75. The van der Waals surface area contributed by atoms with Crippen molar-refractivity contribution in [3.63, 3.8) is 0 Å². The van der Waals surface area contributed by atoms with Crippen LogP contribution >= 0.6 is 0 Å². The van der Waals surface area contributed by atoms with Crippen molar-refractivity contribution >= 4 is 5.69 Å². The minimum absolute atomic E-state index is 0.149. The molecule has 0 heterocycles. The van der Waals surface area contributed by atoms with Crippen LogP contribution in [0.15, 0.2) is 48.5 Å². The summed E-state index contributed by atoms with van der Waals surface area (Å²) in [6.45, 7) is 6.94. The van der Waals surface area contributed by atoms with E-state index in [9.17, 15) is 19.3 Å². The predicted molar refractivity (Wildman–Crippen MR) is 97.6 cm³/mol. The number of nitrogens with zero attached hydrogens (tertiary/aromatic N) is 4. The summed E-state index contributed by atoms with van der Waals surface area (Å²) in [6.07, 6.45) is 0. The Morgan fingerprint density at radius 3 is 1.61 bits per heavy atom. The number of nitriles is 3. The summed E-state index contributed by atoms with van der Waals surface area (Å²) in [5.74, 6) is -1.46. The Labute approximate surface area is 159 Å². The van der Waals surface area contributed by atoms with Gasteiger partial charge in [0.15, 0.2) is 0 Å². The molecule has 130 valence electrons. The lowest BCUT2D eigenvalue weighted by Crippen LogP contribution is -1.92. The van der Waals surface area contributed by atoms with E-state index >= 15 is 0 Å². The highest BCUT2D eigenvalue weighted by Gasteiger charge is 2.14. The molecule has 0 aliphatic carbocycles. The van der Waals surface area contributed by atoms with Gasteiger partial charge in [0.05, 0.1) is 29.8 Å². The molecule has 0 amide bonds. The van der Waals surface area contributed by atoms with Gasteiger partial charge in [0, 0.05) is 11.1 Å². The number of halogens is 2. The van der Waals surface area contributed by atoms with Gasteiger partial charge >= 0.3 is 0 Å². The number of hydrogen-bond donors (Lipinski definition) is 0. The van der Waals surface area contributed by atoms with Gasteiger partial charge < -0.3 is 0 Å². The fourth-order valence-corrected chi connectivity index (χ4v) is 2.80. The summed E-state index contributed by atoms with van der Waals surface area (Å²) >= 11 is 0. The largest absolute Gasteiger partial charge is 0.235 e. The first kappa shape index (κ1) is 18.3. The van der Waals surface area contributed by atoms with Gasteiger partial charge in [-0.25, -0.2) is 13.6 Å². The zero-order valence-electron chi connectivity index (χ0n) is 14.2. The van der Waals surface area contributed by atoms with Crippen LogP contribution in [0.4, 0.5) is 14.5 Å². The van der Waals surface area contributed by atoms with Gasteiger partial charge in [0.1, 0.15) is 17.7 Å². The third-order valence-corrected chi connectivity index (χ3v) is 4.18. The number of benzene rings is 3. The van der Waals surface area contributed by atoms with Gasteiger partial charge in [-0.1, -0.05) is 24.3 Å². The lowest BCUT2D eigenvalue weighted by Gasteiger charge is -2.09. The maximum atomic E-state index is 14.0. The Hall–Kier alpha value is -4.52. The molecule has 3 rings (SSSR count). The van der Waals surface area contributed by atoms with Crippen molar-refractivity contribution in [2.75, 3.05) is 0 Å². The maximum absolute atomic E-state index is 14.0. The molecule has 0 spiro atoms. The lowest BCUT2D eigenvalue weighted by atomic mass is 9.94. The topological polar surface area (TPSA) is 75.7 Å². The number of rotatable bonds is 2. The third-order valence-electron chi connectivity index (χ3n) is 4.18. The highest BCUT2D eigenvalue weighted by Crippen LogP contribution is 2.32. The summed E-state index contributed by atoms with van der Waals surface area (Å²) in [6, 6.07) is 16.6. The highest BCUT2D eigenvalue weighted by molar-refractivity contribution is 5.78. The van der Waals surface area contributed by atoms with E-state index in [1.54, 1.807) is 30.3 Å².